The standard InChI is InChI=1S/C22H25NO5/c1-15(21(25)26)14-16-8-10-17(11-9-16)27-13-12-23-20(24)18-6-4-5-7-19(18)28-22(23,2)3/h4-11,15H,12-14H2,1-3H3,(H,25,26). The number of ether oxygens (including phenoxy) is 2. The van der Waals surface area contributed by atoms with E-state index in [1.54, 1.807) is 24.0 Å². The molecule has 0 aromatic heterocycles. The smallest absolute Gasteiger partial charge is 0.306 e. The van der Waals surface area contributed by atoms with Crippen LogP contribution in [0.5, 0.6) is 11.5 Å². The summed E-state index contributed by atoms with van der Waals surface area (Å²) in [6.45, 7) is 6.12. The van der Waals surface area contributed by atoms with Crippen molar-refractivity contribution in [1.82, 2.24) is 4.90 Å². The molecule has 1 heterocycles. The first-order chi connectivity index (χ1) is 13.3. The van der Waals surface area contributed by atoms with Gasteiger partial charge in [0.2, 0.25) is 0 Å². The van der Waals surface area contributed by atoms with Crippen molar-refractivity contribution in [3.05, 3.63) is 59.7 Å². The number of rotatable bonds is 7. The van der Waals surface area contributed by atoms with Gasteiger partial charge in [0.05, 0.1) is 18.0 Å². The van der Waals surface area contributed by atoms with Gasteiger partial charge in [0.15, 0.2) is 5.72 Å². The highest BCUT2D eigenvalue weighted by Gasteiger charge is 2.39. The molecular formula is C22H25NO5. The number of carbonyl (C=O) groups is 2. The number of benzene rings is 2. The minimum absolute atomic E-state index is 0.0755. The van der Waals surface area contributed by atoms with Crippen LogP contribution in [0.2, 0.25) is 0 Å². The quantitative estimate of drug-likeness (QED) is 0.791. The molecule has 0 radical (unpaired) electrons. The Bertz CT molecular complexity index is 859. The first-order valence-electron chi connectivity index (χ1n) is 9.32. The van der Waals surface area contributed by atoms with Crippen molar-refractivity contribution in [1.29, 1.82) is 0 Å². The molecule has 0 spiro atoms. The maximum Gasteiger partial charge on any atom is 0.306 e. The van der Waals surface area contributed by atoms with E-state index < -0.39 is 17.6 Å². The fourth-order valence-electron chi connectivity index (χ4n) is 3.23. The van der Waals surface area contributed by atoms with Crippen LogP contribution in [0.15, 0.2) is 48.5 Å². The van der Waals surface area contributed by atoms with Crippen LogP contribution in [-0.2, 0) is 11.2 Å². The van der Waals surface area contributed by atoms with E-state index in [-0.39, 0.29) is 5.91 Å². The van der Waals surface area contributed by atoms with Gasteiger partial charge in [-0.2, -0.15) is 0 Å². The minimum Gasteiger partial charge on any atom is -0.492 e. The summed E-state index contributed by atoms with van der Waals surface area (Å²) < 4.78 is 11.8. The summed E-state index contributed by atoms with van der Waals surface area (Å²) in [5, 5.41) is 9.00. The second kappa shape index (κ2) is 7.92. The number of hydrogen-bond acceptors (Lipinski definition) is 4. The zero-order valence-corrected chi connectivity index (χ0v) is 16.3. The molecule has 1 unspecified atom stereocenters. The molecule has 148 valence electrons. The lowest BCUT2D eigenvalue weighted by Gasteiger charge is -2.42. The Hall–Kier alpha value is -3.02. The normalized spacial score (nSPS) is 16.1. The summed E-state index contributed by atoms with van der Waals surface area (Å²) in [7, 11) is 0. The summed E-state index contributed by atoms with van der Waals surface area (Å²) >= 11 is 0. The SMILES string of the molecule is CC(Cc1ccc(OCCN2C(=O)c3ccccc3OC2(C)C)cc1)C(=O)O. The molecule has 6 heteroatoms. The van der Waals surface area contributed by atoms with Crippen molar-refractivity contribution in [3.63, 3.8) is 0 Å². The Morgan fingerprint density at radius 3 is 2.54 bits per heavy atom. The summed E-state index contributed by atoms with van der Waals surface area (Å²) in [6, 6.07) is 14.6. The summed E-state index contributed by atoms with van der Waals surface area (Å²) in [5.74, 6) is -0.0375. The average Bonchev–Trinajstić information content (AvgIpc) is 2.65. The first-order valence-corrected chi connectivity index (χ1v) is 9.32. The maximum absolute atomic E-state index is 12.8. The summed E-state index contributed by atoms with van der Waals surface area (Å²) in [5.41, 5.74) is 0.740. The van der Waals surface area contributed by atoms with Crippen LogP contribution in [0, 0.1) is 5.92 Å². The van der Waals surface area contributed by atoms with Crippen molar-refractivity contribution >= 4 is 11.9 Å². The van der Waals surface area contributed by atoms with Crippen LogP contribution in [0.4, 0.5) is 0 Å². The molecule has 6 nitrogen and oxygen atoms in total. The van der Waals surface area contributed by atoms with Gasteiger partial charge >= 0.3 is 5.97 Å². The zero-order valence-electron chi connectivity index (χ0n) is 16.3. The average molecular weight is 383 g/mol. The lowest BCUT2D eigenvalue weighted by atomic mass is 10.0. The van der Waals surface area contributed by atoms with Crippen LogP contribution in [0.25, 0.3) is 0 Å². The molecule has 3 rings (SSSR count). The van der Waals surface area contributed by atoms with Crippen molar-refractivity contribution in [2.45, 2.75) is 32.9 Å². The Morgan fingerprint density at radius 1 is 1.18 bits per heavy atom. The fourth-order valence-corrected chi connectivity index (χ4v) is 3.23. The molecule has 0 bridgehead atoms. The topological polar surface area (TPSA) is 76.1 Å². The molecule has 2 aromatic carbocycles. The lowest BCUT2D eigenvalue weighted by Crippen LogP contribution is -2.55. The molecule has 1 N–H and O–H groups in total. The van der Waals surface area contributed by atoms with Gasteiger partial charge < -0.3 is 14.6 Å². The number of hydrogen-bond donors (Lipinski definition) is 1. The molecule has 0 saturated heterocycles. The number of carboxylic acids is 1. The van der Waals surface area contributed by atoms with E-state index in [0.717, 1.165) is 5.56 Å². The second-order valence-electron chi connectivity index (χ2n) is 7.44. The van der Waals surface area contributed by atoms with Crippen molar-refractivity contribution in [3.8, 4) is 11.5 Å². The van der Waals surface area contributed by atoms with Gasteiger partial charge in [-0.25, -0.2) is 0 Å². The number of fused-ring (bicyclic) bond motifs is 1. The van der Waals surface area contributed by atoms with E-state index in [9.17, 15) is 9.59 Å². The molecule has 0 fully saturated rings. The van der Waals surface area contributed by atoms with E-state index in [0.29, 0.717) is 36.6 Å². The van der Waals surface area contributed by atoms with Gasteiger partial charge in [0.1, 0.15) is 18.1 Å². The molecule has 0 saturated carbocycles. The monoisotopic (exact) mass is 383 g/mol. The highest BCUT2D eigenvalue weighted by atomic mass is 16.5. The Morgan fingerprint density at radius 2 is 1.86 bits per heavy atom. The largest absolute Gasteiger partial charge is 0.492 e. The number of aliphatic carboxylic acids is 1. The summed E-state index contributed by atoms with van der Waals surface area (Å²) in [4.78, 5) is 25.4. The van der Waals surface area contributed by atoms with Crippen molar-refractivity contribution in [2.75, 3.05) is 13.2 Å². The molecule has 1 aliphatic rings. The fraction of sp³-hybridized carbons (Fsp3) is 0.364. The molecule has 1 aliphatic heterocycles. The van der Waals surface area contributed by atoms with Crippen molar-refractivity contribution in [2.24, 2.45) is 5.92 Å². The Kier molecular flexibility index (Phi) is 5.58. The second-order valence-corrected chi connectivity index (χ2v) is 7.44. The molecule has 28 heavy (non-hydrogen) atoms. The molecule has 1 atom stereocenters. The van der Waals surface area contributed by atoms with Crippen LogP contribution in [0.1, 0.15) is 36.7 Å². The minimum atomic E-state index is -0.807. The van der Waals surface area contributed by atoms with E-state index in [1.165, 1.54) is 0 Å². The number of carbonyl (C=O) groups excluding carboxylic acids is 1. The van der Waals surface area contributed by atoms with E-state index in [4.69, 9.17) is 14.6 Å². The molecule has 0 aliphatic carbocycles. The third-order valence-electron chi connectivity index (χ3n) is 4.84. The number of carboxylic acid groups (broad SMARTS) is 1. The number of para-hydroxylation sites is 1. The number of nitrogens with zero attached hydrogens (tertiary/aromatic N) is 1. The molecule has 2 aromatic rings. The zero-order chi connectivity index (χ0) is 20.3. The van der Waals surface area contributed by atoms with Crippen LogP contribution in [-0.4, -0.2) is 40.8 Å². The summed E-state index contributed by atoms with van der Waals surface area (Å²) in [6.07, 6.45) is 0.475. The van der Waals surface area contributed by atoms with E-state index in [1.807, 2.05) is 50.2 Å². The Balaban J connectivity index is 1.59. The van der Waals surface area contributed by atoms with Gasteiger partial charge in [-0.05, 0) is 50.1 Å². The maximum atomic E-state index is 12.8. The Labute approximate surface area is 164 Å². The van der Waals surface area contributed by atoms with Gasteiger partial charge in [0, 0.05) is 0 Å². The first kappa shape index (κ1) is 19.7. The van der Waals surface area contributed by atoms with Crippen LogP contribution >= 0.6 is 0 Å². The van der Waals surface area contributed by atoms with Gasteiger partial charge in [0.25, 0.3) is 5.91 Å². The van der Waals surface area contributed by atoms with Crippen LogP contribution in [0.3, 0.4) is 0 Å². The molecular weight excluding hydrogens is 358 g/mol. The third-order valence-corrected chi connectivity index (χ3v) is 4.84. The van der Waals surface area contributed by atoms with E-state index in [2.05, 4.69) is 0 Å². The predicted octanol–water partition coefficient (Wildman–Crippen LogP) is 3.60. The van der Waals surface area contributed by atoms with Gasteiger partial charge in [-0.3, -0.25) is 14.5 Å². The highest BCUT2D eigenvalue weighted by Crippen LogP contribution is 2.32. The van der Waals surface area contributed by atoms with Gasteiger partial charge in [-0.1, -0.05) is 31.2 Å². The van der Waals surface area contributed by atoms with E-state index >= 15 is 0 Å². The number of amides is 1. The van der Waals surface area contributed by atoms with Gasteiger partial charge in [-0.15, -0.1) is 0 Å². The predicted molar refractivity (Wildman–Crippen MR) is 105 cm³/mol. The third kappa shape index (κ3) is 4.27. The van der Waals surface area contributed by atoms with Crippen LogP contribution < -0.4 is 9.47 Å². The van der Waals surface area contributed by atoms with Crippen molar-refractivity contribution < 1.29 is 24.2 Å². The highest BCUT2D eigenvalue weighted by molar-refractivity contribution is 5.98. The lowest BCUT2D eigenvalue weighted by molar-refractivity contribution is -0.141. The molecule has 1 amide bonds.